The standard InChI is InChI=1S/C16H15ClF3N3O4/c1-26-14(24)11-3-2-4-13-21-22(15(25)23(11)13)8-9-5-6-12(10(17)7-9)27-16(18,19)20/h5-7,11H,2-4,8H2,1H3. The predicted molar refractivity (Wildman–Crippen MR) is 87.7 cm³/mol. The number of alkyl halides is 3. The topological polar surface area (TPSA) is 75.3 Å². The van der Waals surface area contributed by atoms with E-state index in [0.717, 1.165) is 10.7 Å². The maximum atomic E-state index is 12.6. The number of hydrogen-bond acceptors (Lipinski definition) is 5. The molecule has 1 aliphatic rings. The number of ether oxygens (including phenoxy) is 2. The van der Waals surface area contributed by atoms with Crippen molar-refractivity contribution in [1.29, 1.82) is 0 Å². The van der Waals surface area contributed by atoms with Crippen molar-refractivity contribution in [3.63, 3.8) is 0 Å². The second-order valence-electron chi connectivity index (χ2n) is 5.97. The van der Waals surface area contributed by atoms with Crippen LogP contribution in [-0.4, -0.2) is 33.8 Å². The fraction of sp³-hybridized carbons (Fsp3) is 0.438. The Morgan fingerprint density at radius 1 is 1.41 bits per heavy atom. The van der Waals surface area contributed by atoms with E-state index in [2.05, 4.69) is 9.84 Å². The highest BCUT2D eigenvalue weighted by molar-refractivity contribution is 6.32. The zero-order valence-electron chi connectivity index (χ0n) is 14.1. The summed E-state index contributed by atoms with van der Waals surface area (Å²) < 4.78 is 47.9. The highest BCUT2D eigenvalue weighted by atomic mass is 35.5. The van der Waals surface area contributed by atoms with Crippen molar-refractivity contribution >= 4 is 17.6 Å². The Morgan fingerprint density at radius 3 is 2.78 bits per heavy atom. The van der Waals surface area contributed by atoms with E-state index < -0.39 is 29.8 Å². The number of aromatic nitrogens is 3. The predicted octanol–water partition coefficient (Wildman–Crippen LogP) is 2.70. The lowest BCUT2D eigenvalue weighted by molar-refractivity contribution is -0.274. The van der Waals surface area contributed by atoms with Gasteiger partial charge in [0.25, 0.3) is 0 Å². The van der Waals surface area contributed by atoms with Gasteiger partial charge in [-0.3, -0.25) is 4.57 Å². The highest BCUT2D eigenvalue weighted by Crippen LogP contribution is 2.31. The molecule has 1 aromatic heterocycles. The summed E-state index contributed by atoms with van der Waals surface area (Å²) in [5.41, 5.74) is -0.0338. The van der Waals surface area contributed by atoms with Crippen molar-refractivity contribution in [2.24, 2.45) is 0 Å². The SMILES string of the molecule is COC(=O)C1CCCc2nn(Cc3ccc(OC(F)(F)F)c(Cl)c3)c(=O)n21. The van der Waals surface area contributed by atoms with Gasteiger partial charge in [0.2, 0.25) is 0 Å². The number of aryl methyl sites for hydroxylation is 1. The maximum Gasteiger partial charge on any atom is 0.573 e. The van der Waals surface area contributed by atoms with E-state index in [1.807, 2.05) is 0 Å². The van der Waals surface area contributed by atoms with Crippen molar-refractivity contribution in [2.45, 2.75) is 38.2 Å². The van der Waals surface area contributed by atoms with Gasteiger partial charge in [-0.15, -0.1) is 13.2 Å². The van der Waals surface area contributed by atoms with Gasteiger partial charge < -0.3 is 9.47 Å². The second kappa shape index (κ2) is 7.26. The van der Waals surface area contributed by atoms with Crippen molar-refractivity contribution in [3.8, 4) is 5.75 Å². The van der Waals surface area contributed by atoms with E-state index in [1.165, 1.54) is 23.8 Å². The van der Waals surface area contributed by atoms with Gasteiger partial charge in [-0.25, -0.2) is 14.3 Å². The van der Waals surface area contributed by atoms with Crippen molar-refractivity contribution in [3.05, 3.63) is 45.1 Å². The summed E-state index contributed by atoms with van der Waals surface area (Å²) in [4.78, 5) is 24.5. The van der Waals surface area contributed by atoms with Gasteiger partial charge in [0.15, 0.2) is 0 Å². The molecule has 0 amide bonds. The van der Waals surface area contributed by atoms with Crippen molar-refractivity contribution in [2.75, 3.05) is 7.11 Å². The van der Waals surface area contributed by atoms with E-state index in [0.29, 0.717) is 30.7 Å². The molecule has 1 aliphatic heterocycles. The first-order chi connectivity index (χ1) is 12.7. The average Bonchev–Trinajstić information content (AvgIpc) is 2.91. The number of carbonyl (C=O) groups excluding carboxylic acids is 1. The summed E-state index contributed by atoms with van der Waals surface area (Å²) in [5.74, 6) is -0.589. The smallest absolute Gasteiger partial charge is 0.467 e. The molecule has 27 heavy (non-hydrogen) atoms. The fourth-order valence-corrected chi connectivity index (χ4v) is 3.26. The third-order valence-electron chi connectivity index (χ3n) is 4.16. The van der Waals surface area contributed by atoms with Crippen LogP contribution in [0.15, 0.2) is 23.0 Å². The molecule has 1 atom stereocenters. The normalized spacial score (nSPS) is 16.7. The summed E-state index contributed by atoms with van der Waals surface area (Å²) in [7, 11) is 1.25. The van der Waals surface area contributed by atoms with Gasteiger partial charge in [-0.05, 0) is 30.5 Å². The third-order valence-corrected chi connectivity index (χ3v) is 4.45. The van der Waals surface area contributed by atoms with Crippen LogP contribution in [0.4, 0.5) is 13.2 Å². The monoisotopic (exact) mass is 405 g/mol. The quantitative estimate of drug-likeness (QED) is 0.731. The molecule has 0 N–H and O–H groups in total. The summed E-state index contributed by atoms with van der Waals surface area (Å²) in [5, 5.41) is 3.99. The average molecular weight is 406 g/mol. The summed E-state index contributed by atoms with van der Waals surface area (Å²) in [6.07, 6.45) is -3.16. The second-order valence-corrected chi connectivity index (χ2v) is 6.38. The van der Waals surface area contributed by atoms with Crippen LogP contribution < -0.4 is 10.4 Å². The van der Waals surface area contributed by atoms with Crippen LogP contribution in [0.25, 0.3) is 0 Å². The molecule has 1 unspecified atom stereocenters. The third kappa shape index (κ3) is 4.10. The number of methoxy groups -OCH3 is 1. The Bertz CT molecular complexity index is 923. The molecule has 146 valence electrons. The van der Waals surface area contributed by atoms with E-state index in [9.17, 15) is 22.8 Å². The van der Waals surface area contributed by atoms with Crippen LogP contribution in [0.5, 0.6) is 5.75 Å². The fourth-order valence-electron chi connectivity index (χ4n) is 3.02. The van der Waals surface area contributed by atoms with Crippen LogP contribution >= 0.6 is 11.6 Å². The lowest BCUT2D eigenvalue weighted by Crippen LogP contribution is -2.35. The van der Waals surface area contributed by atoms with Crippen molar-refractivity contribution < 1.29 is 27.4 Å². The van der Waals surface area contributed by atoms with Crippen LogP contribution in [0.1, 0.15) is 30.3 Å². The van der Waals surface area contributed by atoms with Gasteiger partial charge in [0, 0.05) is 6.42 Å². The number of benzene rings is 1. The van der Waals surface area contributed by atoms with Crippen molar-refractivity contribution in [1.82, 2.24) is 14.3 Å². The molecule has 11 heteroatoms. The van der Waals surface area contributed by atoms with Gasteiger partial charge in [0.1, 0.15) is 17.6 Å². The van der Waals surface area contributed by atoms with E-state index in [1.54, 1.807) is 0 Å². The Kier molecular flexibility index (Phi) is 5.18. The maximum absolute atomic E-state index is 12.6. The van der Waals surface area contributed by atoms with Crippen LogP contribution in [-0.2, 0) is 22.5 Å². The summed E-state index contributed by atoms with van der Waals surface area (Å²) >= 11 is 5.83. The molecule has 0 saturated carbocycles. The number of rotatable bonds is 4. The van der Waals surface area contributed by atoms with Crippen LogP contribution in [0, 0.1) is 0 Å². The van der Waals surface area contributed by atoms with Gasteiger partial charge >= 0.3 is 18.0 Å². The van der Waals surface area contributed by atoms with E-state index >= 15 is 0 Å². The van der Waals surface area contributed by atoms with Gasteiger partial charge in [-0.2, -0.15) is 5.10 Å². The highest BCUT2D eigenvalue weighted by Gasteiger charge is 2.33. The van der Waals surface area contributed by atoms with Gasteiger partial charge in [-0.1, -0.05) is 17.7 Å². The largest absolute Gasteiger partial charge is 0.573 e. The minimum absolute atomic E-state index is 0.0151. The van der Waals surface area contributed by atoms with Crippen LogP contribution in [0.3, 0.4) is 0 Å². The zero-order valence-corrected chi connectivity index (χ0v) is 14.9. The molecule has 3 rings (SSSR count). The first kappa shape index (κ1) is 19.3. The Hall–Kier alpha value is -2.49. The molecule has 0 bridgehead atoms. The number of fused-ring (bicyclic) bond motifs is 1. The lowest BCUT2D eigenvalue weighted by Gasteiger charge is -2.20. The summed E-state index contributed by atoms with van der Waals surface area (Å²) in [6, 6.07) is 2.97. The molecule has 0 aliphatic carbocycles. The molecule has 0 saturated heterocycles. The number of esters is 1. The molecule has 1 aromatic carbocycles. The minimum Gasteiger partial charge on any atom is -0.467 e. The molecule has 7 nitrogen and oxygen atoms in total. The first-order valence-electron chi connectivity index (χ1n) is 8.00. The minimum atomic E-state index is -4.85. The molecule has 0 radical (unpaired) electrons. The number of nitrogens with zero attached hydrogens (tertiary/aromatic N) is 3. The van der Waals surface area contributed by atoms with E-state index in [4.69, 9.17) is 16.3 Å². The van der Waals surface area contributed by atoms with Crippen LogP contribution in [0.2, 0.25) is 5.02 Å². The zero-order chi connectivity index (χ0) is 19.8. The Balaban J connectivity index is 1.87. The molecular weight excluding hydrogens is 391 g/mol. The summed E-state index contributed by atoms with van der Waals surface area (Å²) in [6.45, 7) is -0.0151. The molecule has 2 aromatic rings. The number of carbonyl (C=O) groups is 1. The van der Waals surface area contributed by atoms with E-state index in [-0.39, 0.29) is 11.6 Å². The Labute approximate surface area is 156 Å². The first-order valence-corrected chi connectivity index (χ1v) is 8.37. The molecule has 0 spiro atoms. The molecular formula is C16H15ClF3N3O4. The van der Waals surface area contributed by atoms with Gasteiger partial charge in [0.05, 0.1) is 18.7 Å². The number of halogens is 4. The lowest BCUT2D eigenvalue weighted by atomic mass is 10.1. The number of hydrogen-bond donors (Lipinski definition) is 0. The Morgan fingerprint density at radius 2 is 2.15 bits per heavy atom. The molecule has 0 fully saturated rings. The molecule has 2 heterocycles.